The molecule has 7 heteroatoms. The zero-order valence-corrected chi connectivity index (χ0v) is 14.7. The molecule has 5 nitrogen and oxygen atoms in total. The molecule has 1 aromatic carbocycles. The van der Waals surface area contributed by atoms with Gasteiger partial charge >= 0.3 is 0 Å². The number of carbonyl (C=O) groups excluding carboxylic acids is 1. The normalized spacial score (nSPS) is 11.8. The van der Waals surface area contributed by atoms with E-state index in [2.05, 4.69) is 16.5 Å². The van der Waals surface area contributed by atoms with Crippen LogP contribution < -0.4 is 5.32 Å². The molecule has 2 rings (SSSR count). The topological polar surface area (TPSA) is 70.7 Å². The molecule has 1 unspecified atom stereocenters. The van der Waals surface area contributed by atoms with Crippen molar-refractivity contribution in [1.29, 1.82) is 5.26 Å². The van der Waals surface area contributed by atoms with E-state index >= 15 is 0 Å². The Kier molecular flexibility index (Phi) is 5.69. The average Bonchev–Trinajstić information content (AvgIpc) is 2.78. The zero-order chi connectivity index (χ0) is 17.0. The summed E-state index contributed by atoms with van der Waals surface area (Å²) >= 11 is 7.67. The lowest BCUT2D eigenvalue weighted by molar-refractivity contribution is 0.102. The lowest BCUT2D eigenvalue weighted by atomic mass is 10.2. The predicted molar refractivity (Wildman–Crippen MR) is 92.9 cm³/mol. The first-order chi connectivity index (χ1) is 10.9. The molecule has 0 aliphatic carbocycles. The molecule has 0 saturated heterocycles. The van der Waals surface area contributed by atoms with E-state index < -0.39 is 0 Å². The number of rotatable bonds is 5. The number of para-hydroxylation sites is 1. The van der Waals surface area contributed by atoms with Crippen molar-refractivity contribution in [2.24, 2.45) is 13.0 Å². The minimum atomic E-state index is -0.290. The lowest BCUT2D eigenvalue weighted by Crippen LogP contribution is -2.14. The van der Waals surface area contributed by atoms with Crippen molar-refractivity contribution in [1.82, 2.24) is 9.78 Å². The van der Waals surface area contributed by atoms with Crippen LogP contribution in [0.3, 0.4) is 0 Å². The third-order valence-electron chi connectivity index (χ3n) is 3.22. The van der Waals surface area contributed by atoms with E-state index in [0.717, 1.165) is 4.90 Å². The molecular formula is C16H17ClN4OS. The van der Waals surface area contributed by atoms with Crippen LogP contribution in [-0.4, -0.2) is 21.4 Å². The van der Waals surface area contributed by atoms with Crippen molar-refractivity contribution in [2.45, 2.75) is 18.7 Å². The first kappa shape index (κ1) is 17.4. The van der Waals surface area contributed by atoms with Gasteiger partial charge in [-0.1, -0.05) is 23.7 Å². The summed E-state index contributed by atoms with van der Waals surface area (Å²) in [5.41, 5.74) is 1.66. The fraction of sp³-hybridized carbons (Fsp3) is 0.312. The van der Waals surface area contributed by atoms with E-state index in [1.807, 2.05) is 31.2 Å². The summed E-state index contributed by atoms with van der Waals surface area (Å²) in [6, 6.07) is 9.70. The third kappa shape index (κ3) is 4.06. The Morgan fingerprint density at radius 2 is 2.22 bits per heavy atom. The number of nitrogens with zero attached hydrogens (tertiary/aromatic N) is 3. The number of thioether (sulfide) groups is 1. The smallest absolute Gasteiger partial charge is 0.260 e. The summed E-state index contributed by atoms with van der Waals surface area (Å²) < 4.78 is 1.47. The Morgan fingerprint density at radius 1 is 1.52 bits per heavy atom. The zero-order valence-electron chi connectivity index (χ0n) is 13.1. The molecule has 120 valence electrons. The van der Waals surface area contributed by atoms with Crippen LogP contribution in [-0.2, 0) is 7.05 Å². The molecule has 0 bridgehead atoms. The van der Waals surface area contributed by atoms with Gasteiger partial charge in [-0.15, -0.1) is 11.8 Å². The van der Waals surface area contributed by atoms with Crippen LogP contribution >= 0.6 is 23.4 Å². The Morgan fingerprint density at radius 3 is 2.83 bits per heavy atom. The van der Waals surface area contributed by atoms with Gasteiger partial charge < -0.3 is 5.32 Å². The van der Waals surface area contributed by atoms with Gasteiger partial charge in [0.2, 0.25) is 0 Å². The highest BCUT2D eigenvalue weighted by molar-refractivity contribution is 7.99. The highest BCUT2D eigenvalue weighted by atomic mass is 35.5. The maximum atomic E-state index is 12.5. The summed E-state index contributed by atoms with van der Waals surface area (Å²) in [4.78, 5) is 13.4. The lowest BCUT2D eigenvalue weighted by Gasteiger charge is -2.11. The number of aromatic nitrogens is 2. The first-order valence-corrected chi connectivity index (χ1v) is 8.42. The van der Waals surface area contributed by atoms with Gasteiger partial charge in [-0.3, -0.25) is 9.48 Å². The van der Waals surface area contributed by atoms with E-state index in [-0.39, 0.29) is 11.8 Å². The molecular weight excluding hydrogens is 332 g/mol. The minimum Gasteiger partial charge on any atom is -0.321 e. The summed E-state index contributed by atoms with van der Waals surface area (Å²) in [6.07, 6.45) is 0. The van der Waals surface area contributed by atoms with E-state index in [0.29, 0.717) is 27.9 Å². The average molecular weight is 349 g/mol. The van der Waals surface area contributed by atoms with E-state index in [1.54, 1.807) is 14.0 Å². The van der Waals surface area contributed by atoms with E-state index in [9.17, 15) is 4.79 Å². The Balaban J connectivity index is 2.20. The molecule has 1 N–H and O–H groups in total. The Labute approximate surface area is 144 Å². The molecule has 1 heterocycles. The van der Waals surface area contributed by atoms with Crippen LogP contribution in [0.25, 0.3) is 0 Å². The number of amides is 1. The first-order valence-electron chi connectivity index (χ1n) is 7.06. The second-order valence-electron chi connectivity index (χ2n) is 5.17. The van der Waals surface area contributed by atoms with Gasteiger partial charge in [-0.05, 0) is 26.0 Å². The number of benzene rings is 1. The van der Waals surface area contributed by atoms with E-state index in [4.69, 9.17) is 16.9 Å². The van der Waals surface area contributed by atoms with Crippen LogP contribution in [0.5, 0.6) is 0 Å². The molecule has 23 heavy (non-hydrogen) atoms. The van der Waals surface area contributed by atoms with Crippen LogP contribution in [0.4, 0.5) is 5.69 Å². The molecule has 2 aromatic rings. The van der Waals surface area contributed by atoms with Gasteiger partial charge in [0.15, 0.2) is 0 Å². The number of anilines is 1. The molecule has 1 aromatic heterocycles. The second kappa shape index (κ2) is 7.53. The van der Waals surface area contributed by atoms with Gasteiger partial charge in [0.05, 0.1) is 28.9 Å². The van der Waals surface area contributed by atoms with E-state index in [1.165, 1.54) is 16.4 Å². The molecule has 0 spiro atoms. The van der Waals surface area contributed by atoms with Crippen molar-refractivity contribution < 1.29 is 4.79 Å². The number of nitriles is 1. The molecule has 1 amide bonds. The molecule has 0 fully saturated rings. The molecule has 0 aliphatic heterocycles. The SMILES string of the molecule is Cc1nn(C)c(Cl)c1C(=O)Nc1ccccc1SCC(C)C#N. The van der Waals surface area contributed by atoms with Crippen LogP contribution in [0.1, 0.15) is 23.0 Å². The maximum Gasteiger partial charge on any atom is 0.260 e. The van der Waals surface area contributed by atoms with Crippen LogP contribution in [0, 0.1) is 24.2 Å². The molecule has 0 aliphatic rings. The fourth-order valence-corrected chi connectivity index (χ4v) is 3.23. The summed E-state index contributed by atoms with van der Waals surface area (Å²) in [5.74, 6) is 0.316. The van der Waals surface area contributed by atoms with Gasteiger partial charge in [0.25, 0.3) is 5.91 Å². The highest BCUT2D eigenvalue weighted by Crippen LogP contribution is 2.29. The Bertz CT molecular complexity index is 766. The molecule has 0 saturated carbocycles. The number of hydrogen-bond acceptors (Lipinski definition) is 4. The summed E-state index contributed by atoms with van der Waals surface area (Å²) in [6.45, 7) is 3.61. The van der Waals surface area contributed by atoms with Crippen molar-refractivity contribution >= 4 is 35.0 Å². The second-order valence-corrected chi connectivity index (χ2v) is 6.59. The standard InChI is InChI=1S/C16H17ClN4OS/c1-10(8-18)9-23-13-7-5-4-6-12(13)19-16(22)14-11(2)20-21(3)15(14)17/h4-7,10H,9H2,1-3H3,(H,19,22). The number of aryl methyl sites for hydroxylation is 2. The van der Waals surface area contributed by atoms with Gasteiger partial charge in [-0.2, -0.15) is 10.4 Å². The van der Waals surface area contributed by atoms with Gasteiger partial charge in [0.1, 0.15) is 5.15 Å². The minimum absolute atomic E-state index is 0.0567. The summed E-state index contributed by atoms with van der Waals surface area (Å²) in [5, 5.41) is 16.2. The number of hydrogen-bond donors (Lipinski definition) is 1. The van der Waals surface area contributed by atoms with Crippen molar-refractivity contribution in [3.63, 3.8) is 0 Å². The maximum absolute atomic E-state index is 12.5. The largest absolute Gasteiger partial charge is 0.321 e. The predicted octanol–water partition coefficient (Wildman–Crippen LogP) is 3.89. The van der Waals surface area contributed by atoms with Crippen molar-refractivity contribution in [2.75, 3.05) is 11.1 Å². The molecule has 0 radical (unpaired) electrons. The number of nitrogens with one attached hydrogen (secondary N) is 1. The highest BCUT2D eigenvalue weighted by Gasteiger charge is 2.20. The Hall–Kier alpha value is -1.97. The fourth-order valence-electron chi connectivity index (χ4n) is 2.02. The third-order valence-corrected chi connectivity index (χ3v) is 4.99. The van der Waals surface area contributed by atoms with Crippen LogP contribution in [0.2, 0.25) is 5.15 Å². The van der Waals surface area contributed by atoms with Gasteiger partial charge in [0, 0.05) is 17.7 Å². The van der Waals surface area contributed by atoms with Crippen LogP contribution in [0.15, 0.2) is 29.2 Å². The van der Waals surface area contributed by atoms with Crippen molar-refractivity contribution in [3.8, 4) is 6.07 Å². The molecule has 1 atom stereocenters. The number of halogens is 1. The number of carbonyl (C=O) groups is 1. The van der Waals surface area contributed by atoms with Gasteiger partial charge in [-0.25, -0.2) is 0 Å². The monoisotopic (exact) mass is 348 g/mol. The quantitative estimate of drug-likeness (QED) is 0.832. The van der Waals surface area contributed by atoms with Crippen molar-refractivity contribution in [3.05, 3.63) is 40.7 Å². The summed E-state index contributed by atoms with van der Waals surface area (Å²) in [7, 11) is 1.69.